The van der Waals surface area contributed by atoms with E-state index in [2.05, 4.69) is 19.7 Å². The maximum absolute atomic E-state index is 11.9. The van der Waals surface area contributed by atoms with Gasteiger partial charge in [0.05, 0.1) is 0 Å². The van der Waals surface area contributed by atoms with Crippen LogP contribution in [0.4, 0.5) is 13.2 Å². The van der Waals surface area contributed by atoms with E-state index in [1.807, 2.05) is 0 Å². The number of halogens is 3. The van der Waals surface area contributed by atoms with Crippen LogP contribution in [0.15, 0.2) is 9.59 Å². The van der Waals surface area contributed by atoms with E-state index in [0.717, 1.165) is 0 Å². The van der Waals surface area contributed by atoms with E-state index in [9.17, 15) is 22.8 Å². The fourth-order valence-electron chi connectivity index (χ4n) is 1.71. The third-order valence-corrected chi connectivity index (χ3v) is 2.50. The van der Waals surface area contributed by atoms with Gasteiger partial charge in [-0.1, -0.05) is 0 Å². The first-order chi connectivity index (χ1) is 9.31. The number of aromatic amines is 2. The van der Waals surface area contributed by atoms with Gasteiger partial charge < -0.3 is 9.72 Å². The largest absolute Gasteiger partial charge is 0.411 e. The molecule has 0 saturated heterocycles. The number of hydrogen-bond donors (Lipinski definition) is 2. The molecular formula is C10H11F3N4O3. The summed E-state index contributed by atoms with van der Waals surface area (Å²) < 4.78 is 41.5. The minimum atomic E-state index is -4.44. The second-order valence-corrected chi connectivity index (χ2v) is 3.99. The lowest BCUT2D eigenvalue weighted by atomic mass is 10.5. The van der Waals surface area contributed by atoms with Crippen molar-refractivity contribution in [2.45, 2.75) is 26.3 Å². The summed E-state index contributed by atoms with van der Waals surface area (Å²) in [5.74, 6) is 0.0440. The first kappa shape index (κ1) is 14.3. The van der Waals surface area contributed by atoms with Crippen LogP contribution in [0.1, 0.15) is 12.7 Å². The molecule has 2 rings (SSSR count). The van der Waals surface area contributed by atoms with Gasteiger partial charge >= 0.3 is 11.9 Å². The smallest absolute Gasteiger partial charge is 0.364 e. The number of imidazole rings is 1. The minimum absolute atomic E-state index is 0.0251. The lowest BCUT2D eigenvalue weighted by Crippen LogP contribution is -2.29. The van der Waals surface area contributed by atoms with Crippen LogP contribution in [0.5, 0.6) is 0 Å². The standard InChI is InChI=1S/C10H11F3N4O3/c1-2-17-7-6(8(18)16-9(17)19)14-5(15-7)3-20-4-10(11,12)13/h2-4H2,1H3,(H,14,15)(H,16,18,19). The van der Waals surface area contributed by atoms with Crippen LogP contribution in [0.3, 0.4) is 0 Å². The van der Waals surface area contributed by atoms with Crippen molar-refractivity contribution in [2.75, 3.05) is 6.61 Å². The predicted molar refractivity (Wildman–Crippen MR) is 62.4 cm³/mol. The van der Waals surface area contributed by atoms with Crippen molar-refractivity contribution in [3.63, 3.8) is 0 Å². The number of rotatable bonds is 4. The monoisotopic (exact) mass is 292 g/mol. The van der Waals surface area contributed by atoms with E-state index in [-0.39, 0.29) is 23.5 Å². The number of aromatic nitrogens is 4. The molecule has 0 unspecified atom stereocenters. The van der Waals surface area contributed by atoms with Crippen LogP contribution in [0, 0.1) is 0 Å². The lowest BCUT2D eigenvalue weighted by Gasteiger charge is -2.05. The first-order valence-electron chi connectivity index (χ1n) is 5.68. The third kappa shape index (κ3) is 2.90. The maximum Gasteiger partial charge on any atom is 0.411 e. The van der Waals surface area contributed by atoms with Gasteiger partial charge in [-0.05, 0) is 6.92 Å². The van der Waals surface area contributed by atoms with Crippen molar-refractivity contribution in [3.8, 4) is 0 Å². The first-order valence-corrected chi connectivity index (χ1v) is 5.68. The predicted octanol–water partition coefficient (Wildman–Crippen LogP) is 0.512. The molecule has 0 atom stereocenters. The van der Waals surface area contributed by atoms with E-state index >= 15 is 0 Å². The molecule has 0 saturated carbocycles. The van der Waals surface area contributed by atoms with Crippen LogP contribution >= 0.6 is 0 Å². The zero-order valence-corrected chi connectivity index (χ0v) is 10.4. The summed E-state index contributed by atoms with van der Waals surface area (Å²) in [4.78, 5) is 31.6. The second kappa shape index (κ2) is 5.12. The molecule has 0 bridgehead atoms. The highest BCUT2D eigenvalue weighted by Crippen LogP contribution is 2.15. The molecular weight excluding hydrogens is 281 g/mol. The number of aryl methyl sites for hydroxylation is 1. The van der Waals surface area contributed by atoms with Crippen molar-refractivity contribution < 1.29 is 17.9 Å². The van der Waals surface area contributed by atoms with E-state index in [0.29, 0.717) is 0 Å². The van der Waals surface area contributed by atoms with E-state index in [1.165, 1.54) is 4.57 Å². The van der Waals surface area contributed by atoms with Gasteiger partial charge in [0.2, 0.25) is 0 Å². The molecule has 0 radical (unpaired) electrons. The van der Waals surface area contributed by atoms with Crippen molar-refractivity contribution in [2.24, 2.45) is 0 Å². The summed E-state index contributed by atoms with van der Waals surface area (Å²) in [6.45, 7) is 0.0833. The average Bonchev–Trinajstić information content (AvgIpc) is 2.72. The molecule has 0 amide bonds. The van der Waals surface area contributed by atoms with Crippen LogP contribution in [-0.4, -0.2) is 32.3 Å². The van der Waals surface area contributed by atoms with E-state index < -0.39 is 30.6 Å². The van der Waals surface area contributed by atoms with Gasteiger partial charge in [-0.3, -0.25) is 14.3 Å². The van der Waals surface area contributed by atoms with Crippen LogP contribution < -0.4 is 11.2 Å². The molecule has 2 N–H and O–H groups in total. The van der Waals surface area contributed by atoms with E-state index in [1.54, 1.807) is 6.92 Å². The molecule has 2 heterocycles. The number of alkyl halides is 3. The molecule has 2 aromatic heterocycles. The van der Waals surface area contributed by atoms with E-state index in [4.69, 9.17) is 0 Å². The Kier molecular flexibility index (Phi) is 3.66. The van der Waals surface area contributed by atoms with Gasteiger partial charge in [0, 0.05) is 6.54 Å². The Morgan fingerprint density at radius 2 is 2.00 bits per heavy atom. The molecule has 0 aliphatic rings. The second-order valence-electron chi connectivity index (χ2n) is 3.99. The summed E-state index contributed by atoms with van der Waals surface area (Å²) in [5.41, 5.74) is -1.19. The van der Waals surface area contributed by atoms with Crippen LogP contribution in [0.2, 0.25) is 0 Å². The van der Waals surface area contributed by atoms with Crippen molar-refractivity contribution >= 4 is 11.2 Å². The molecule has 0 aliphatic carbocycles. The molecule has 7 nitrogen and oxygen atoms in total. The van der Waals surface area contributed by atoms with Crippen molar-refractivity contribution in [1.82, 2.24) is 19.5 Å². The van der Waals surface area contributed by atoms with Gasteiger partial charge in [0.25, 0.3) is 5.56 Å². The Labute approximate surface area is 109 Å². The highest BCUT2D eigenvalue weighted by atomic mass is 19.4. The topological polar surface area (TPSA) is 92.8 Å². The third-order valence-electron chi connectivity index (χ3n) is 2.50. The fraction of sp³-hybridized carbons (Fsp3) is 0.500. The minimum Gasteiger partial charge on any atom is -0.364 e. The number of nitrogens with zero attached hydrogens (tertiary/aromatic N) is 2. The van der Waals surface area contributed by atoms with Gasteiger partial charge in [-0.2, -0.15) is 13.2 Å². The Morgan fingerprint density at radius 3 is 2.60 bits per heavy atom. The van der Waals surface area contributed by atoms with Gasteiger partial charge in [0.1, 0.15) is 24.6 Å². The Hall–Kier alpha value is -2.10. The molecule has 110 valence electrons. The molecule has 10 heteroatoms. The molecule has 0 spiro atoms. The maximum atomic E-state index is 11.9. The van der Waals surface area contributed by atoms with Gasteiger partial charge in [0.15, 0.2) is 5.65 Å². The Morgan fingerprint density at radius 1 is 1.30 bits per heavy atom. The summed E-state index contributed by atoms with van der Waals surface area (Å²) in [6.07, 6.45) is -4.44. The molecule has 0 fully saturated rings. The van der Waals surface area contributed by atoms with Crippen LogP contribution in [-0.2, 0) is 17.9 Å². The lowest BCUT2D eigenvalue weighted by molar-refractivity contribution is -0.177. The summed E-state index contributed by atoms with van der Waals surface area (Å²) in [6, 6.07) is 0. The number of hydrogen-bond acceptors (Lipinski definition) is 4. The molecule has 0 aliphatic heterocycles. The van der Waals surface area contributed by atoms with Gasteiger partial charge in [-0.15, -0.1) is 0 Å². The highest BCUT2D eigenvalue weighted by molar-refractivity contribution is 5.69. The normalized spacial score (nSPS) is 12.2. The quantitative estimate of drug-likeness (QED) is 0.858. The molecule has 20 heavy (non-hydrogen) atoms. The molecule has 2 aromatic rings. The zero-order chi connectivity index (χ0) is 14.9. The van der Waals surface area contributed by atoms with Crippen molar-refractivity contribution in [1.29, 1.82) is 0 Å². The summed E-state index contributed by atoms with van der Waals surface area (Å²) >= 11 is 0. The average molecular weight is 292 g/mol. The zero-order valence-electron chi connectivity index (χ0n) is 10.4. The highest BCUT2D eigenvalue weighted by Gasteiger charge is 2.27. The van der Waals surface area contributed by atoms with Crippen molar-refractivity contribution in [3.05, 3.63) is 26.7 Å². The van der Waals surface area contributed by atoms with Gasteiger partial charge in [-0.25, -0.2) is 9.78 Å². The summed E-state index contributed by atoms with van der Waals surface area (Å²) in [5, 5.41) is 0. The number of fused-ring (bicyclic) bond motifs is 1. The Bertz CT molecular complexity index is 728. The summed E-state index contributed by atoms with van der Waals surface area (Å²) in [7, 11) is 0. The number of nitrogens with one attached hydrogen (secondary N) is 2. The van der Waals surface area contributed by atoms with Crippen LogP contribution in [0.25, 0.3) is 11.2 Å². The SMILES string of the molecule is CCn1c(=O)[nH]c(=O)c2[nH]c(COCC(F)(F)F)nc21. The fourth-order valence-corrected chi connectivity index (χ4v) is 1.71. The Balaban J connectivity index is 2.32. The number of H-pyrrole nitrogens is 2. The number of ether oxygens (including phenoxy) is 1. The molecule has 0 aromatic carbocycles.